The van der Waals surface area contributed by atoms with E-state index in [0.717, 1.165) is 58.1 Å². The van der Waals surface area contributed by atoms with Crippen LogP contribution in [0.2, 0.25) is 35.2 Å². The standard InChI is InChI=1S/C24H20Cl2FNO3S.C20H12Cl2FNO3S.C15H16ClNO2S.C9H5Cl2FO.C9H6ClFO2.CH2Cl2.CH4/c1-24(2,3)31-23(30)20-17(14-8-10-16(25)11-9-14)13-32-22(20)28-21(29)19(27)12-15-6-4-5-7-18(15)26;21-13-7-5-11(6-8-13)14-10-28-19(17(14)20(26)27)24-18(25)16(23)9-12-3-1-2-4-15(12)22;1-15(2,3)19-14(18)12-11(8-20-13(12)17)9-4-6-10(16)7-5-9;10-7-4-2-1-3-6(7)5-8(12)9(11)13;10-7-4-2-1-3-6(7)5-8(11)9(12)13;2-1-3;/h4-13H,1-3H3,(H,28,29);1-10H,(H,24,25)(H,26,27);4-8H,17H2,1-3H3;1-5H;1-5H,(H,12,13);1H2;1H4/b19-12-;16-9-;;2*8-5-;;. The molecular formula is C79H65Cl10F4N3O11S3. The SMILES string of the molecule is C.CC(C)(C)OC(=O)c1c(-c2ccc(Cl)cc2)csc1N.CC(C)(C)OC(=O)c1c(-c2ccc(Cl)cc2)csc1NC(=O)/C(F)=C/c1ccccc1Cl.ClCCl.O=C(Cl)/C(F)=C/c1ccccc1Cl.O=C(Nc1scc(-c2ccc(Cl)cc2)c1C(=O)O)/C(F)=C/c1ccccc1Cl.O=C(O)/C(F)=C/c1ccccc1Cl. The quantitative estimate of drug-likeness (QED) is 0.0200. The average molecular weight is 1760 g/mol. The third-order valence-corrected chi connectivity index (χ3v) is 18.2. The van der Waals surface area contributed by atoms with Gasteiger partial charge in [-0.2, -0.15) is 4.39 Å². The van der Waals surface area contributed by atoms with Gasteiger partial charge in [-0.3, -0.25) is 14.4 Å². The highest BCUT2D eigenvalue weighted by Gasteiger charge is 2.29. The highest BCUT2D eigenvalue weighted by Crippen LogP contribution is 2.40. The van der Waals surface area contributed by atoms with Gasteiger partial charge < -0.3 is 36.1 Å². The van der Waals surface area contributed by atoms with Crippen LogP contribution in [0.3, 0.4) is 0 Å². The van der Waals surface area contributed by atoms with Gasteiger partial charge in [-0.15, -0.1) is 57.2 Å². The van der Waals surface area contributed by atoms with E-state index in [1.807, 2.05) is 38.3 Å². The lowest BCUT2D eigenvalue weighted by Crippen LogP contribution is -2.25. The van der Waals surface area contributed by atoms with E-state index in [4.69, 9.17) is 136 Å². The second-order valence-corrected chi connectivity index (χ2v) is 30.3. The van der Waals surface area contributed by atoms with E-state index < -0.39 is 75.4 Å². The molecule has 3 aromatic heterocycles. The number of thiophene rings is 3. The van der Waals surface area contributed by atoms with E-state index in [1.54, 1.807) is 183 Å². The minimum Gasteiger partial charge on any atom is -0.478 e. The summed E-state index contributed by atoms with van der Waals surface area (Å²) in [5, 5.41) is 30.5. The molecule has 0 saturated carbocycles. The second-order valence-electron chi connectivity index (χ2n) is 23.6. The van der Waals surface area contributed by atoms with Crippen LogP contribution < -0.4 is 16.4 Å². The zero-order valence-corrected chi connectivity index (χ0v) is 67.6. The number of rotatable bonds is 16. The highest BCUT2D eigenvalue weighted by atomic mass is 35.5. The number of hydrogen-bond acceptors (Lipinski definition) is 13. The van der Waals surface area contributed by atoms with Gasteiger partial charge in [-0.25, -0.2) is 32.3 Å². The number of allylic oxidation sites excluding steroid dienone is 1. The Kier molecular flexibility index (Phi) is 38.5. The third-order valence-electron chi connectivity index (χ3n) is 13.3. The van der Waals surface area contributed by atoms with Crippen LogP contribution in [0.5, 0.6) is 0 Å². The molecule has 0 atom stereocenters. The summed E-state index contributed by atoms with van der Waals surface area (Å²) in [4.78, 5) is 82.2. The van der Waals surface area contributed by atoms with Crippen molar-refractivity contribution in [1.82, 2.24) is 0 Å². The fraction of sp³-hybridized carbons (Fsp3) is 0.127. The lowest BCUT2D eigenvalue weighted by Gasteiger charge is -2.20. The fourth-order valence-electron chi connectivity index (χ4n) is 8.57. The molecule has 10 aromatic rings. The molecule has 6 N–H and O–H groups in total. The Morgan fingerprint density at radius 3 is 1.00 bits per heavy atom. The van der Waals surface area contributed by atoms with Crippen LogP contribution in [0.15, 0.2) is 209 Å². The van der Waals surface area contributed by atoms with E-state index in [9.17, 15) is 56.2 Å². The molecule has 0 aliphatic carbocycles. The summed E-state index contributed by atoms with van der Waals surface area (Å²) in [7, 11) is 0. The Balaban J connectivity index is 0.000000299. The Labute approximate surface area is 693 Å². The topological polar surface area (TPSA) is 228 Å². The number of carboxylic acid groups (broad SMARTS) is 2. The number of aromatic carboxylic acids is 1. The highest BCUT2D eigenvalue weighted by molar-refractivity contribution is 7.16. The van der Waals surface area contributed by atoms with Crippen molar-refractivity contribution in [2.24, 2.45) is 0 Å². The number of carbonyl (C=O) groups excluding carboxylic acids is 5. The molecule has 0 bridgehead atoms. The van der Waals surface area contributed by atoms with Gasteiger partial charge in [-0.1, -0.05) is 198 Å². The third kappa shape index (κ3) is 30.3. The van der Waals surface area contributed by atoms with Gasteiger partial charge in [0, 0.05) is 68.0 Å². The Hall–Kier alpha value is -8.49. The summed E-state index contributed by atoms with van der Waals surface area (Å²) < 4.78 is 65.1. The first kappa shape index (κ1) is 93.9. The zero-order chi connectivity index (χ0) is 81.0. The maximum absolute atomic E-state index is 14.6. The van der Waals surface area contributed by atoms with Crippen molar-refractivity contribution in [3.05, 3.63) is 283 Å². The average Bonchev–Trinajstić information content (AvgIpc) is 1.65. The molecule has 2 amide bonds. The number of amides is 2. The normalized spacial score (nSPS) is 11.3. The van der Waals surface area contributed by atoms with Crippen LogP contribution in [-0.4, -0.2) is 67.7 Å². The number of esters is 2. The summed E-state index contributed by atoms with van der Waals surface area (Å²) in [6, 6.07) is 46.8. The molecule has 110 heavy (non-hydrogen) atoms. The molecule has 3 heterocycles. The number of nitrogens with two attached hydrogens (primary N) is 1. The summed E-state index contributed by atoms with van der Waals surface area (Å²) in [5.74, 6) is -10.3. The maximum atomic E-state index is 14.6. The summed E-state index contributed by atoms with van der Waals surface area (Å²) >= 11 is 58.9. The van der Waals surface area contributed by atoms with Gasteiger partial charge in [0.15, 0.2) is 17.5 Å². The zero-order valence-electron chi connectivity index (χ0n) is 57.6. The lowest BCUT2D eigenvalue weighted by atomic mass is 10.0. The second kappa shape index (κ2) is 45.1. The number of benzene rings is 7. The molecule has 0 saturated heterocycles. The molecule has 0 aliphatic rings. The molecule has 31 heteroatoms. The molecule has 0 unspecified atom stereocenters. The van der Waals surface area contributed by atoms with Crippen molar-refractivity contribution in [2.75, 3.05) is 21.7 Å². The van der Waals surface area contributed by atoms with Crippen molar-refractivity contribution >= 4 is 230 Å². The van der Waals surface area contributed by atoms with E-state index >= 15 is 0 Å². The van der Waals surface area contributed by atoms with Crippen LogP contribution in [0.1, 0.15) is 102 Å². The van der Waals surface area contributed by atoms with E-state index in [2.05, 4.69) is 10.6 Å². The molecule has 0 radical (unpaired) electrons. The predicted molar refractivity (Wildman–Crippen MR) is 447 cm³/mol. The van der Waals surface area contributed by atoms with Crippen molar-refractivity contribution in [2.45, 2.75) is 60.2 Å². The van der Waals surface area contributed by atoms with Crippen LogP contribution in [0.25, 0.3) is 57.7 Å². The number of anilines is 3. The molecule has 578 valence electrons. The molecule has 0 spiro atoms. The molecular weight excluding hydrogens is 1690 g/mol. The minimum absolute atomic E-state index is 0. The molecule has 0 aliphatic heterocycles. The van der Waals surface area contributed by atoms with Crippen LogP contribution in [0.4, 0.5) is 32.6 Å². The number of carboxylic acids is 2. The van der Waals surface area contributed by atoms with E-state index in [-0.39, 0.29) is 38.9 Å². The first-order valence-corrected chi connectivity index (χ1v) is 37.8. The van der Waals surface area contributed by atoms with Crippen LogP contribution >= 0.6 is 150 Å². The summed E-state index contributed by atoms with van der Waals surface area (Å²) in [5.41, 5.74) is 10.5. The number of nitrogen functional groups attached to an aromatic ring is 1. The Morgan fingerprint density at radius 1 is 0.427 bits per heavy atom. The van der Waals surface area contributed by atoms with Crippen molar-refractivity contribution in [1.29, 1.82) is 0 Å². The largest absolute Gasteiger partial charge is 0.478 e. The molecule has 10 rings (SSSR count). The van der Waals surface area contributed by atoms with Gasteiger partial charge in [0.2, 0.25) is 5.83 Å². The van der Waals surface area contributed by atoms with Gasteiger partial charge in [0.1, 0.15) is 42.9 Å². The van der Waals surface area contributed by atoms with Crippen molar-refractivity contribution in [3.8, 4) is 33.4 Å². The number of aliphatic carboxylic acids is 1. The molecule has 14 nitrogen and oxygen atoms in total. The number of alkyl halides is 2. The first-order chi connectivity index (χ1) is 51.3. The molecule has 7 aromatic carbocycles. The number of nitrogens with one attached hydrogen (secondary N) is 2. The summed E-state index contributed by atoms with van der Waals surface area (Å²) in [6.45, 7) is 10.7. The monoisotopic (exact) mass is 1750 g/mol. The fourth-order valence-corrected chi connectivity index (χ4v) is 12.5. The Morgan fingerprint density at radius 2 is 0.700 bits per heavy atom. The first-order valence-electron chi connectivity index (χ1n) is 31.1. The smallest absolute Gasteiger partial charge is 0.364 e. The minimum atomic E-state index is -1.60. The van der Waals surface area contributed by atoms with Gasteiger partial charge >= 0.3 is 23.9 Å². The van der Waals surface area contributed by atoms with Crippen LogP contribution in [-0.2, 0) is 28.7 Å². The lowest BCUT2D eigenvalue weighted by molar-refractivity contribution is -0.134. The number of hydrogen-bond donors (Lipinski definition) is 5. The number of ether oxygens (including phenoxy) is 2. The van der Waals surface area contributed by atoms with Crippen LogP contribution in [0, 0.1) is 0 Å². The van der Waals surface area contributed by atoms with Gasteiger partial charge in [-0.05, 0) is 177 Å². The van der Waals surface area contributed by atoms with Gasteiger partial charge in [0.25, 0.3) is 17.1 Å². The predicted octanol–water partition coefficient (Wildman–Crippen LogP) is 26.8. The molecule has 0 fully saturated rings. The Bertz CT molecular complexity index is 4930. The number of carbonyl (C=O) groups is 7. The van der Waals surface area contributed by atoms with Crippen molar-refractivity contribution < 1.29 is 70.8 Å². The maximum Gasteiger partial charge on any atom is 0.364 e. The summed E-state index contributed by atoms with van der Waals surface area (Å²) in [6.07, 6.45) is 3.91. The number of halogens is 14. The van der Waals surface area contributed by atoms with E-state index in [1.165, 1.54) is 17.4 Å². The van der Waals surface area contributed by atoms with Gasteiger partial charge in [0.05, 0.1) is 5.34 Å². The van der Waals surface area contributed by atoms with E-state index in [0.29, 0.717) is 85.2 Å². The van der Waals surface area contributed by atoms with Crippen molar-refractivity contribution in [3.63, 3.8) is 0 Å².